The first-order valence-corrected chi connectivity index (χ1v) is 8.43. The third-order valence-electron chi connectivity index (χ3n) is 5.08. The van der Waals surface area contributed by atoms with E-state index in [0.717, 1.165) is 32.7 Å². The number of carbonyl (C=O) groups excluding carboxylic acids is 1. The highest BCUT2D eigenvalue weighted by atomic mass is 16.2. The number of hydrogen-bond acceptors (Lipinski definition) is 3. The van der Waals surface area contributed by atoms with E-state index in [1.165, 1.54) is 24.1 Å². The molecule has 0 saturated carbocycles. The van der Waals surface area contributed by atoms with Crippen molar-refractivity contribution in [1.82, 2.24) is 9.80 Å². The highest BCUT2D eigenvalue weighted by Gasteiger charge is 2.27. The van der Waals surface area contributed by atoms with E-state index in [2.05, 4.69) is 52.9 Å². The third kappa shape index (κ3) is 3.43. The molecule has 2 saturated heterocycles. The van der Waals surface area contributed by atoms with Crippen LogP contribution in [0.2, 0.25) is 0 Å². The van der Waals surface area contributed by atoms with Gasteiger partial charge >= 0.3 is 0 Å². The molecule has 0 aromatic heterocycles. The third-order valence-corrected chi connectivity index (χ3v) is 5.08. The van der Waals surface area contributed by atoms with Gasteiger partial charge in [-0.05, 0) is 51.1 Å². The van der Waals surface area contributed by atoms with Crippen molar-refractivity contribution in [3.63, 3.8) is 0 Å². The molecule has 4 nitrogen and oxygen atoms in total. The molecule has 2 fully saturated rings. The smallest absolute Gasteiger partial charge is 0.224 e. The molecule has 120 valence electrons. The van der Waals surface area contributed by atoms with Gasteiger partial charge in [-0.2, -0.15) is 0 Å². The van der Waals surface area contributed by atoms with Crippen molar-refractivity contribution in [3.05, 3.63) is 29.8 Å². The van der Waals surface area contributed by atoms with Crippen LogP contribution < -0.4 is 4.90 Å². The van der Waals surface area contributed by atoms with Crippen molar-refractivity contribution in [2.75, 3.05) is 44.7 Å². The van der Waals surface area contributed by atoms with Gasteiger partial charge in [0.25, 0.3) is 0 Å². The topological polar surface area (TPSA) is 26.8 Å². The quantitative estimate of drug-likeness (QED) is 0.856. The number of benzene rings is 1. The molecular weight excluding hydrogens is 274 g/mol. The average molecular weight is 301 g/mol. The Hall–Kier alpha value is -1.55. The zero-order chi connectivity index (χ0) is 15.5. The Balaban J connectivity index is 1.52. The van der Waals surface area contributed by atoms with Crippen molar-refractivity contribution in [3.8, 4) is 0 Å². The Labute approximate surface area is 133 Å². The molecular formula is C18H27N3O. The first-order valence-electron chi connectivity index (χ1n) is 8.43. The van der Waals surface area contributed by atoms with Crippen molar-refractivity contribution >= 4 is 11.6 Å². The number of rotatable bonds is 3. The van der Waals surface area contributed by atoms with E-state index in [-0.39, 0.29) is 0 Å². The number of piperazine rings is 1. The Kier molecular flexibility index (Phi) is 4.67. The molecule has 3 rings (SSSR count). The molecule has 1 atom stereocenters. The number of aryl methyl sites for hydroxylation is 1. The minimum Gasteiger partial charge on any atom is -0.368 e. The lowest BCUT2D eigenvalue weighted by Crippen LogP contribution is -2.49. The summed E-state index contributed by atoms with van der Waals surface area (Å²) in [6, 6.07) is 9.09. The van der Waals surface area contributed by atoms with Gasteiger partial charge in [-0.3, -0.25) is 4.79 Å². The zero-order valence-electron chi connectivity index (χ0n) is 13.8. The molecule has 0 spiro atoms. The van der Waals surface area contributed by atoms with Gasteiger partial charge in [0.05, 0.1) is 0 Å². The SMILES string of the molecule is Cc1cccc(N2CCN(C(=O)CC3CCCN3C)CC2)c1. The van der Waals surface area contributed by atoms with Crippen LogP contribution in [-0.4, -0.2) is 61.5 Å². The summed E-state index contributed by atoms with van der Waals surface area (Å²) >= 11 is 0. The van der Waals surface area contributed by atoms with E-state index in [1.54, 1.807) is 0 Å². The van der Waals surface area contributed by atoms with Crippen LogP contribution in [0.4, 0.5) is 5.69 Å². The van der Waals surface area contributed by atoms with Crippen LogP contribution in [0.5, 0.6) is 0 Å². The summed E-state index contributed by atoms with van der Waals surface area (Å²) in [7, 11) is 2.14. The Morgan fingerprint density at radius 3 is 2.59 bits per heavy atom. The summed E-state index contributed by atoms with van der Waals surface area (Å²) in [6.45, 7) is 6.85. The second-order valence-electron chi connectivity index (χ2n) is 6.69. The Morgan fingerprint density at radius 1 is 1.18 bits per heavy atom. The predicted molar refractivity (Wildman–Crippen MR) is 90.2 cm³/mol. The van der Waals surface area contributed by atoms with Gasteiger partial charge in [0.1, 0.15) is 0 Å². The van der Waals surface area contributed by atoms with Crippen LogP contribution in [0.1, 0.15) is 24.8 Å². The standard InChI is InChI=1S/C18H27N3O/c1-15-5-3-6-17(13-15)20-9-11-21(12-10-20)18(22)14-16-7-4-8-19(16)2/h3,5-6,13,16H,4,7-12,14H2,1-2H3. The first kappa shape index (κ1) is 15.3. The van der Waals surface area contributed by atoms with Gasteiger partial charge in [-0.1, -0.05) is 12.1 Å². The molecule has 1 unspecified atom stereocenters. The Morgan fingerprint density at radius 2 is 1.95 bits per heavy atom. The normalized spacial score (nSPS) is 23.1. The van der Waals surface area contributed by atoms with E-state index in [1.807, 2.05) is 0 Å². The van der Waals surface area contributed by atoms with Crippen LogP contribution in [0.3, 0.4) is 0 Å². The van der Waals surface area contributed by atoms with Crippen LogP contribution in [0.25, 0.3) is 0 Å². The number of carbonyl (C=O) groups is 1. The molecule has 2 aliphatic heterocycles. The molecule has 0 aliphatic carbocycles. The monoisotopic (exact) mass is 301 g/mol. The summed E-state index contributed by atoms with van der Waals surface area (Å²) in [5, 5.41) is 0. The summed E-state index contributed by atoms with van der Waals surface area (Å²) < 4.78 is 0. The average Bonchev–Trinajstić information content (AvgIpc) is 2.92. The lowest BCUT2D eigenvalue weighted by Gasteiger charge is -2.37. The van der Waals surface area contributed by atoms with Crippen molar-refractivity contribution < 1.29 is 4.79 Å². The minimum absolute atomic E-state index is 0.336. The highest BCUT2D eigenvalue weighted by molar-refractivity contribution is 5.77. The number of amides is 1. The molecule has 0 N–H and O–H groups in total. The lowest BCUT2D eigenvalue weighted by atomic mass is 10.1. The number of anilines is 1. The van der Waals surface area contributed by atoms with E-state index in [4.69, 9.17) is 0 Å². The maximum atomic E-state index is 12.5. The summed E-state index contributed by atoms with van der Waals surface area (Å²) in [6.07, 6.45) is 3.10. The number of likely N-dealkylation sites (tertiary alicyclic amines) is 1. The van der Waals surface area contributed by atoms with Gasteiger partial charge in [0.15, 0.2) is 0 Å². The summed E-state index contributed by atoms with van der Waals surface area (Å²) in [5.41, 5.74) is 2.57. The first-order chi connectivity index (χ1) is 10.6. The molecule has 1 aromatic carbocycles. The molecule has 2 heterocycles. The fraction of sp³-hybridized carbons (Fsp3) is 0.611. The van der Waals surface area contributed by atoms with Gasteiger partial charge in [-0.15, -0.1) is 0 Å². The zero-order valence-corrected chi connectivity index (χ0v) is 13.8. The van der Waals surface area contributed by atoms with Crippen molar-refractivity contribution in [2.45, 2.75) is 32.2 Å². The van der Waals surface area contributed by atoms with Crippen LogP contribution in [0.15, 0.2) is 24.3 Å². The molecule has 0 bridgehead atoms. The van der Waals surface area contributed by atoms with E-state index < -0.39 is 0 Å². The Bertz CT molecular complexity index is 523. The fourth-order valence-corrected chi connectivity index (χ4v) is 3.61. The lowest BCUT2D eigenvalue weighted by molar-refractivity contribution is -0.132. The van der Waals surface area contributed by atoms with E-state index >= 15 is 0 Å². The second-order valence-corrected chi connectivity index (χ2v) is 6.69. The van der Waals surface area contributed by atoms with E-state index in [9.17, 15) is 4.79 Å². The fourth-order valence-electron chi connectivity index (χ4n) is 3.61. The molecule has 1 amide bonds. The van der Waals surface area contributed by atoms with Gasteiger partial charge in [0.2, 0.25) is 5.91 Å². The second kappa shape index (κ2) is 6.69. The number of hydrogen-bond donors (Lipinski definition) is 0. The van der Waals surface area contributed by atoms with Crippen LogP contribution in [-0.2, 0) is 4.79 Å². The summed E-state index contributed by atoms with van der Waals surface area (Å²) in [5.74, 6) is 0.336. The molecule has 22 heavy (non-hydrogen) atoms. The minimum atomic E-state index is 0.336. The summed E-state index contributed by atoms with van der Waals surface area (Å²) in [4.78, 5) is 19.3. The number of nitrogens with zero attached hydrogens (tertiary/aromatic N) is 3. The predicted octanol–water partition coefficient (Wildman–Crippen LogP) is 2.13. The van der Waals surface area contributed by atoms with Gasteiger partial charge in [0, 0.05) is 44.3 Å². The van der Waals surface area contributed by atoms with Crippen molar-refractivity contribution in [2.24, 2.45) is 0 Å². The highest BCUT2D eigenvalue weighted by Crippen LogP contribution is 2.21. The molecule has 1 aromatic rings. The maximum absolute atomic E-state index is 12.5. The molecule has 0 radical (unpaired) electrons. The van der Waals surface area contributed by atoms with Gasteiger partial charge < -0.3 is 14.7 Å². The maximum Gasteiger partial charge on any atom is 0.224 e. The molecule has 2 aliphatic rings. The van der Waals surface area contributed by atoms with Crippen LogP contribution in [0, 0.1) is 6.92 Å². The van der Waals surface area contributed by atoms with Crippen molar-refractivity contribution in [1.29, 1.82) is 0 Å². The van der Waals surface area contributed by atoms with Gasteiger partial charge in [-0.25, -0.2) is 0 Å². The van der Waals surface area contributed by atoms with E-state index in [0.29, 0.717) is 18.4 Å². The largest absolute Gasteiger partial charge is 0.368 e. The van der Waals surface area contributed by atoms with Crippen LogP contribution >= 0.6 is 0 Å². The molecule has 4 heteroatoms.